The van der Waals surface area contributed by atoms with E-state index >= 15 is 0 Å². The van der Waals surface area contributed by atoms with Gasteiger partial charge in [-0.3, -0.25) is 9.69 Å². The summed E-state index contributed by atoms with van der Waals surface area (Å²) in [5, 5.41) is 14.1. The second kappa shape index (κ2) is 7.08. The molecule has 0 aromatic carbocycles. The minimum absolute atomic E-state index is 0.122. The Morgan fingerprint density at radius 1 is 1.48 bits per heavy atom. The molecule has 122 valence electrons. The van der Waals surface area contributed by atoms with Gasteiger partial charge in [0.25, 0.3) is 6.47 Å². The zero-order valence-electron chi connectivity index (χ0n) is 13.0. The van der Waals surface area contributed by atoms with E-state index in [1.54, 1.807) is 0 Å². The number of nitrogens with one attached hydrogen (secondary N) is 1. The highest BCUT2D eigenvalue weighted by atomic mass is 32.2. The Bertz CT molecular complexity index is 359. The molecule has 3 heterocycles. The van der Waals surface area contributed by atoms with E-state index in [4.69, 9.17) is 0 Å². The largest absolute Gasteiger partial charge is 0.462 e. The summed E-state index contributed by atoms with van der Waals surface area (Å²) in [7, 11) is 0. The van der Waals surface area contributed by atoms with Crippen LogP contribution in [0.5, 0.6) is 0 Å². The Labute approximate surface area is 135 Å². The number of rotatable bonds is 3. The van der Waals surface area contributed by atoms with Crippen LogP contribution >= 0.6 is 23.5 Å². The van der Waals surface area contributed by atoms with Gasteiger partial charge in [0.2, 0.25) is 0 Å². The molecule has 3 saturated heterocycles. The van der Waals surface area contributed by atoms with Crippen LogP contribution in [0.3, 0.4) is 0 Å². The van der Waals surface area contributed by atoms with Gasteiger partial charge in [-0.2, -0.15) is 11.8 Å². The van der Waals surface area contributed by atoms with Crippen molar-refractivity contribution in [3.05, 3.63) is 0 Å². The fourth-order valence-electron chi connectivity index (χ4n) is 2.57. The van der Waals surface area contributed by atoms with E-state index in [0.29, 0.717) is 11.7 Å². The van der Waals surface area contributed by atoms with E-state index < -0.39 is 0 Å². The first-order chi connectivity index (χ1) is 9.89. The lowest BCUT2D eigenvalue weighted by Crippen LogP contribution is -2.46. The molecule has 0 amide bonds. The van der Waals surface area contributed by atoms with E-state index in [1.807, 2.05) is 44.3 Å². The average molecular weight is 335 g/mol. The molecule has 21 heavy (non-hydrogen) atoms. The monoisotopic (exact) mass is 334 g/mol. The Morgan fingerprint density at radius 2 is 2.24 bits per heavy atom. The van der Waals surface area contributed by atoms with E-state index in [1.165, 1.54) is 12.3 Å². The summed E-state index contributed by atoms with van der Waals surface area (Å²) in [5.74, 6) is 2.34. The van der Waals surface area contributed by atoms with Crippen molar-refractivity contribution in [3.8, 4) is 0 Å². The summed E-state index contributed by atoms with van der Waals surface area (Å²) in [6, 6.07) is 0. The van der Waals surface area contributed by atoms with E-state index in [9.17, 15) is 9.90 Å². The summed E-state index contributed by atoms with van der Waals surface area (Å²) >= 11 is 3.89. The zero-order valence-corrected chi connectivity index (χ0v) is 14.6. The third kappa shape index (κ3) is 4.51. The summed E-state index contributed by atoms with van der Waals surface area (Å²) in [6.45, 7) is 10.3. The highest BCUT2D eigenvalue weighted by Gasteiger charge is 2.62. The van der Waals surface area contributed by atoms with Crippen molar-refractivity contribution in [1.82, 2.24) is 10.2 Å². The van der Waals surface area contributed by atoms with Gasteiger partial charge in [0.1, 0.15) is 10.5 Å². The normalized spacial score (nSPS) is 36.0. The van der Waals surface area contributed by atoms with Crippen LogP contribution in [0.25, 0.3) is 0 Å². The van der Waals surface area contributed by atoms with E-state index in [0.717, 1.165) is 25.4 Å². The number of thioether (sulfide) groups is 2. The van der Waals surface area contributed by atoms with Crippen LogP contribution in [-0.2, 0) is 9.53 Å². The Morgan fingerprint density at radius 3 is 2.62 bits per heavy atom. The highest BCUT2D eigenvalue weighted by Crippen LogP contribution is 2.52. The number of nitrogens with zero attached hydrogens (tertiary/aromatic N) is 1. The third-order valence-electron chi connectivity index (χ3n) is 3.73. The van der Waals surface area contributed by atoms with Gasteiger partial charge in [-0.15, -0.1) is 11.8 Å². The van der Waals surface area contributed by atoms with Crippen LogP contribution in [0.15, 0.2) is 0 Å². The van der Waals surface area contributed by atoms with Crippen LogP contribution in [-0.4, -0.2) is 76.0 Å². The molecule has 0 bridgehead atoms. The van der Waals surface area contributed by atoms with Gasteiger partial charge in [0.15, 0.2) is 0 Å². The maximum Gasteiger partial charge on any atom is 0.293 e. The molecule has 3 aliphatic heterocycles. The van der Waals surface area contributed by atoms with Crippen molar-refractivity contribution in [2.75, 3.05) is 37.7 Å². The van der Waals surface area contributed by atoms with Crippen molar-refractivity contribution < 1.29 is 14.6 Å². The molecule has 4 atom stereocenters. The lowest BCUT2D eigenvalue weighted by molar-refractivity contribution is -0.138. The predicted octanol–water partition coefficient (Wildman–Crippen LogP) is 0.769. The van der Waals surface area contributed by atoms with Crippen molar-refractivity contribution >= 4 is 30.0 Å². The number of carbonyl (C=O) groups is 1. The maximum atomic E-state index is 10.4. The summed E-state index contributed by atoms with van der Waals surface area (Å²) in [5.41, 5.74) is -0.318. The number of hydrogen-bond donors (Lipinski definition) is 2. The summed E-state index contributed by atoms with van der Waals surface area (Å²) in [4.78, 5) is 12.1. The minimum atomic E-state index is -0.318. The van der Waals surface area contributed by atoms with Gasteiger partial charge in [0.05, 0.1) is 6.10 Å². The van der Waals surface area contributed by atoms with Gasteiger partial charge >= 0.3 is 0 Å². The summed E-state index contributed by atoms with van der Waals surface area (Å²) in [6.07, 6.45) is -0.146. The smallest absolute Gasteiger partial charge is 0.293 e. The van der Waals surface area contributed by atoms with Gasteiger partial charge in [-0.1, -0.05) is 0 Å². The van der Waals surface area contributed by atoms with Crippen molar-refractivity contribution in [1.29, 1.82) is 0 Å². The van der Waals surface area contributed by atoms with E-state index in [-0.39, 0.29) is 16.6 Å². The first kappa shape index (κ1) is 17.4. The molecule has 0 saturated carbocycles. The molecule has 0 aliphatic carbocycles. The van der Waals surface area contributed by atoms with Crippen LogP contribution in [0, 0.1) is 0 Å². The quantitative estimate of drug-likeness (QED) is 0.584. The first-order valence-corrected chi connectivity index (χ1v) is 9.43. The lowest BCUT2D eigenvalue weighted by atomic mass is 10.1. The van der Waals surface area contributed by atoms with Crippen molar-refractivity contribution in [2.45, 2.75) is 42.6 Å². The molecule has 0 aromatic heterocycles. The molecule has 0 radical (unpaired) electrons. The Hall–Kier alpha value is 0.0500. The molecule has 5 nitrogen and oxygen atoms in total. The lowest BCUT2D eigenvalue weighted by Gasteiger charge is -2.30. The second-order valence-corrected chi connectivity index (χ2v) is 9.25. The highest BCUT2D eigenvalue weighted by molar-refractivity contribution is 8.01. The van der Waals surface area contributed by atoms with Gasteiger partial charge in [-0.05, 0) is 20.8 Å². The van der Waals surface area contributed by atoms with Gasteiger partial charge in [-0.25, -0.2) is 0 Å². The fourth-order valence-corrected chi connectivity index (χ4v) is 5.38. The molecule has 2 N–H and O–H groups in total. The van der Waals surface area contributed by atoms with Crippen molar-refractivity contribution in [3.63, 3.8) is 0 Å². The molecule has 4 unspecified atom stereocenters. The molecule has 7 heteroatoms. The van der Waals surface area contributed by atoms with Crippen molar-refractivity contribution in [2.24, 2.45) is 0 Å². The van der Waals surface area contributed by atoms with Gasteiger partial charge in [0, 0.05) is 42.9 Å². The number of hydrogen-bond acceptors (Lipinski definition) is 7. The third-order valence-corrected chi connectivity index (χ3v) is 6.54. The van der Waals surface area contributed by atoms with Gasteiger partial charge < -0.3 is 15.2 Å². The SMILES string of the molecule is CC(C)(C)OC=O.OC(C1CNCCS1)C12CN1CCS2. The average Bonchev–Trinajstić information content (AvgIpc) is 3.00. The minimum Gasteiger partial charge on any atom is -0.462 e. The number of ether oxygens (including phenoxy) is 1. The number of aliphatic hydroxyl groups is 1. The molecule has 0 spiro atoms. The molecule has 3 aliphatic rings. The number of fused-ring (bicyclic) bond motifs is 1. The first-order valence-electron chi connectivity index (χ1n) is 7.40. The maximum absolute atomic E-state index is 10.4. The topological polar surface area (TPSA) is 61.6 Å². The fraction of sp³-hybridized carbons (Fsp3) is 0.929. The number of carbonyl (C=O) groups excluding carboxylic acids is 1. The molecular weight excluding hydrogens is 308 g/mol. The molecule has 0 aromatic rings. The van der Waals surface area contributed by atoms with Crippen LogP contribution in [0.2, 0.25) is 0 Å². The van der Waals surface area contributed by atoms with E-state index in [2.05, 4.69) is 15.0 Å². The second-order valence-electron chi connectivity index (χ2n) is 6.50. The summed E-state index contributed by atoms with van der Waals surface area (Å²) < 4.78 is 4.55. The molecular formula is C14H26N2O3S2. The number of aliphatic hydroxyl groups excluding tert-OH is 1. The standard InChI is InChI=1S/C9H16N2OS2.C5H10O2/c12-8(7-5-10-1-3-13-7)9-6-11(9)2-4-14-9;1-5(2,3)7-4-6/h7-8,10,12H,1-6H2;4H,1-3H3. The Kier molecular flexibility index (Phi) is 5.87. The molecule has 3 fully saturated rings. The zero-order chi connectivity index (χ0) is 15.5. The van der Waals surface area contributed by atoms with Crippen LogP contribution in [0.4, 0.5) is 0 Å². The van der Waals surface area contributed by atoms with Crippen LogP contribution in [0.1, 0.15) is 20.8 Å². The predicted molar refractivity (Wildman–Crippen MR) is 88.8 cm³/mol. The van der Waals surface area contributed by atoms with Crippen LogP contribution < -0.4 is 5.32 Å². The Balaban J connectivity index is 0.000000199. The molecule has 3 rings (SSSR count).